The van der Waals surface area contributed by atoms with Crippen LogP contribution < -0.4 is 4.74 Å². The Balaban J connectivity index is 1.67. The maximum Gasteiger partial charge on any atom is 0.264 e. The molecule has 0 N–H and O–H groups in total. The number of thiophene rings is 1. The van der Waals surface area contributed by atoms with Gasteiger partial charge >= 0.3 is 0 Å². The van der Waals surface area contributed by atoms with Gasteiger partial charge in [-0.05, 0) is 29.7 Å². The molecule has 0 saturated carbocycles. The van der Waals surface area contributed by atoms with Gasteiger partial charge in [0.2, 0.25) is 5.88 Å². The Bertz CT molecular complexity index is 1230. The fourth-order valence-corrected chi connectivity index (χ4v) is 4.61. The number of aryl methyl sites for hydroxylation is 1. The molecule has 31 heavy (non-hydrogen) atoms. The zero-order valence-electron chi connectivity index (χ0n) is 17.4. The van der Waals surface area contributed by atoms with Gasteiger partial charge in [-0.2, -0.15) is 0 Å². The summed E-state index contributed by atoms with van der Waals surface area (Å²) in [6.45, 7) is 2.21. The number of ether oxygens (including phenoxy) is 1. The number of methoxy groups -OCH3 is 1. The summed E-state index contributed by atoms with van der Waals surface area (Å²) >= 11 is 1.26. The summed E-state index contributed by atoms with van der Waals surface area (Å²) in [5, 5.41) is 0.603. The summed E-state index contributed by atoms with van der Waals surface area (Å²) < 4.78 is 20.5. The Labute approximate surface area is 183 Å². The first kappa shape index (κ1) is 20.9. The van der Waals surface area contributed by atoms with Crippen molar-refractivity contribution in [1.82, 2.24) is 19.9 Å². The van der Waals surface area contributed by atoms with Crippen molar-refractivity contribution < 1.29 is 13.9 Å². The van der Waals surface area contributed by atoms with Gasteiger partial charge in [0, 0.05) is 31.2 Å². The third-order valence-corrected chi connectivity index (χ3v) is 6.25. The molecule has 0 aliphatic heterocycles. The predicted octanol–water partition coefficient (Wildman–Crippen LogP) is 4.73. The second-order valence-corrected chi connectivity index (χ2v) is 8.14. The minimum atomic E-state index is -1.40. The molecule has 1 atom stereocenters. The van der Waals surface area contributed by atoms with Crippen LogP contribution in [0.4, 0.5) is 4.39 Å². The lowest BCUT2D eigenvalue weighted by molar-refractivity contribution is 0.0789. The smallest absolute Gasteiger partial charge is 0.264 e. The first-order valence-electron chi connectivity index (χ1n) is 9.67. The fourth-order valence-electron chi connectivity index (χ4n) is 3.45. The third kappa shape index (κ3) is 4.11. The van der Waals surface area contributed by atoms with Gasteiger partial charge in [-0.15, -0.1) is 11.3 Å². The van der Waals surface area contributed by atoms with Crippen molar-refractivity contribution in [3.63, 3.8) is 0 Å². The quantitative estimate of drug-likeness (QED) is 0.437. The average Bonchev–Trinajstić information content (AvgIpc) is 3.15. The second-order valence-electron chi connectivity index (χ2n) is 7.14. The monoisotopic (exact) mass is 436 g/mol. The van der Waals surface area contributed by atoms with Crippen LogP contribution in [0.3, 0.4) is 0 Å². The number of aromatic nitrogens is 3. The summed E-state index contributed by atoms with van der Waals surface area (Å²) in [6, 6.07) is 12.5. The van der Waals surface area contributed by atoms with Crippen LogP contribution in [-0.4, -0.2) is 39.9 Å². The molecule has 0 saturated heterocycles. The Morgan fingerprint density at radius 1 is 1.19 bits per heavy atom. The Kier molecular flexibility index (Phi) is 5.90. The average molecular weight is 437 g/mol. The molecule has 3 aromatic heterocycles. The lowest BCUT2D eigenvalue weighted by Gasteiger charge is -2.17. The number of amides is 1. The number of rotatable bonds is 6. The van der Waals surface area contributed by atoms with Crippen molar-refractivity contribution in [1.29, 1.82) is 0 Å². The van der Waals surface area contributed by atoms with Crippen molar-refractivity contribution in [2.24, 2.45) is 0 Å². The van der Waals surface area contributed by atoms with Crippen LogP contribution in [0.25, 0.3) is 10.2 Å². The summed E-state index contributed by atoms with van der Waals surface area (Å²) in [7, 11) is 3.28. The van der Waals surface area contributed by atoms with Gasteiger partial charge < -0.3 is 9.64 Å². The normalized spacial score (nSPS) is 12.0. The number of carbonyl (C=O) groups excluding carboxylic acids is 1. The molecule has 8 heteroatoms. The van der Waals surface area contributed by atoms with E-state index < -0.39 is 6.17 Å². The van der Waals surface area contributed by atoms with E-state index in [0.29, 0.717) is 38.6 Å². The van der Waals surface area contributed by atoms with E-state index in [1.165, 1.54) is 17.7 Å². The summed E-state index contributed by atoms with van der Waals surface area (Å²) in [5.74, 6) is 0.337. The summed E-state index contributed by atoms with van der Waals surface area (Å²) in [5.41, 5.74) is 2.39. The van der Waals surface area contributed by atoms with Crippen molar-refractivity contribution in [2.45, 2.75) is 19.6 Å². The molecule has 3 heterocycles. The number of fused-ring (bicyclic) bond motifs is 1. The van der Waals surface area contributed by atoms with Crippen LogP contribution in [0.2, 0.25) is 0 Å². The van der Waals surface area contributed by atoms with Crippen LogP contribution in [0.1, 0.15) is 38.2 Å². The Morgan fingerprint density at radius 3 is 2.71 bits per heavy atom. The maximum absolute atomic E-state index is 15.3. The summed E-state index contributed by atoms with van der Waals surface area (Å²) in [4.78, 5) is 28.5. The van der Waals surface area contributed by atoms with E-state index in [-0.39, 0.29) is 11.6 Å². The van der Waals surface area contributed by atoms with Crippen molar-refractivity contribution in [3.8, 4) is 5.88 Å². The van der Waals surface area contributed by atoms with Crippen LogP contribution >= 0.6 is 11.3 Å². The van der Waals surface area contributed by atoms with Crippen molar-refractivity contribution in [3.05, 3.63) is 82.3 Å². The van der Waals surface area contributed by atoms with Gasteiger partial charge in [-0.25, -0.2) is 19.3 Å². The van der Waals surface area contributed by atoms with Gasteiger partial charge in [0.15, 0.2) is 6.17 Å². The number of pyridine rings is 1. The van der Waals surface area contributed by atoms with E-state index in [2.05, 4.69) is 15.0 Å². The topological polar surface area (TPSA) is 68.2 Å². The highest BCUT2D eigenvalue weighted by Crippen LogP contribution is 2.37. The molecule has 0 bridgehead atoms. The zero-order valence-corrected chi connectivity index (χ0v) is 18.2. The predicted molar refractivity (Wildman–Crippen MR) is 118 cm³/mol. The molecular weight excluding hydrogens is 415 g/mol. The molecule has 4 aromatic rings. The summed E-state index contributed by atoms with van der Waals surface area (Å²) in [6.07, 6.45) is 1.60. The highest BCUT2D eigenvalue weighted by molar-refractivity contribution is 7.20. The molecule has 0 radical (unpaired) electrons. The molecule has 6 nitrogen and oxygen atoms in total. The first-order valence-corrected chi connectivity index (χ1v) is 10.5. The SMILES string of the molecule is COc1cc(CN(C)C(=O)c2sc3ncnc(C(F)c4ccccc4)c3c2C)ccn1. The lowest BCUT2D eigenvalue weighted by Crippen LogP contribution is -2.26. The number of halogens is 1. The van der Waals surface area contributed by atoms with E-state index >= 15 is 4.39 Å². The number of hydrogen-bond acceptors (Lipinski definition) is 6. The van der Waals surface area contributed by atoms with E-state index in [1.807, 2.05) is 19.1 Å². The highest BCUT2D eigenvalue weighted by atomic mass is 32.1. The number of carbonyl (C=O) groups is 1. The van der Waals surface area contributed by atoms with Crippen LogP contribution in [0.15, 0.2) is 55.0 Å². The minimum absolute atomic E-state index is 0.155. The minimum Gasteiger partial charge on any atom is -0.481 e. The first-order chi connectivity index (χ1) is 15.0. The molecule has 1 unspecified atom stereocenters. The molecule has 0 aliphatic rings. The molecule has 0 aliphatic carbocycles. The molecule has 4 rings (SSSR count). The highest BCUT2D eigenvalue weighted by Gasteiger charge is 2.25. The van der Waals surface area contributed by atoms with Crippen LogP contribution in [-0.2, 0) is 6.54 Å². The fraction of sp³-hybridized carbons (Fsp3) is 0.217. The molecule has 1 aromatic carbocycles. The molecule has 1 amide bonds. The lowest BCUT2D eigenvalue weighted by atomic mass is 10.0. The maximum atomic E-state index is 15.3. The third-order valence-electron chi connectivity index (χ3n) is 5.06. The zero-order chi connectivity index (χ0) is 22.0. The standard InChI is InChI=1S/C23H21FN4O2S/c1-14-18-20(19(24)16-7-5-4-6-8-16)26-13-27-22(18)31-21(14)23(29)28(2)12-15-9-10-25-17(11-15)30-3/h4-11,13,19H,12H2,1-3H3. The molecule has 0 fully saturated rings. The van der Waals surface area contributed by atoms with Crippen molar-refractivity contribution in [2.75, 3.05) is 14.2 Å². The van der Waals surface area contributed by atoms with Gasteiger partial charge in [0.25, 0.3) is 5.91 Å². The number of alkyl halides is 1. The second kappa shape index (κ2) is 8.77. The van der Waals surface area contributed by atoms with E-state index in [4.69, 9.17) is 4.74 Å². The largest absolute Gasteiger partial charge is 0.481 e. The Hall–Kier alpha value is -3.39. The van der Waals surface area contributed by atoms with Crippen LogP contribution in [0.5, 0.6) is 5.88 Å². The molecule has 158 valence electrons. The van der Waals surface area contributed by atoms with E-state index in [1.54, 1.807) is 55.6 Å². The number of hydrogen-bond donors (Lipinski definition) is 0. The van der Waals surface area contributed by atoms with Gasteiger partial charge in [-0.1, -0.05) is 30.3 Å². The number of benzene rings is 1. The molecular formula is C23H21FN4O2S. The Morgan fingerprint density at radius 2 is 1.97 bits per heavy atom. The van der Waals surface area contributed by atoms with Gasteiger partial charge in [0.05, 0.1) is 17.7 Å². The van der Waals surface area contributed by atoms with E-state index in [9.17, 15) is 4.79 Å². The van der Waals surface area contributed by atoms with E-state index in [0.717, 1.165) is 5.56 Å². The van der Waals surface area contributed by atoms with Crippen LogP contribution in [0, 0.1) is 6.92 Å². The van der Waals surface area contributed by atoms with Gasteiger partial charge in [-0.3, -0.25) is 4.79 Å². The van der Waals surface area contributed by atoms with Gasteiger partial charge in [0.1, 0.15) is 11.2 Å². The number of nitrogens with zero attached hydrogens (tertiary/aromatic N) is 4. The van der Waals surface area contributed by atoms with Crippen molar-refractivity contribution >= 4 is 27.5 Å². The molecule has 0 spiro atoms.